The second-order valence-electron chi connectivity index (χ2n) is 4.42. The number of rotatable bonds is 3. The van der Waals surface area contributed by atoms with Gasteiger partial charge in [0.25, 0.3) is 5.91 Å². The van der Waals surface area contributed by atoms with Crippen LogP contribution < -0.4 is 5.32 Å². The summed E-state index contributed by atoms with van der Waals surface area (Å²) in [7, 11) is 0. The lowest BCUT2D eigenvalue weighted by molar-refractivity contribution is -0.148. The number of pyridine rings is 1. The minimum Gasteiger partial charge on any atom is -0.480 e. The van der Waals surface area contributed by atoms with Gasteiger partial charge in [-0.25, -0.2) is 14.2 Å². The fourth-order valence-electron chi connectivity index (χ4n) is 1.99. The van der Waals surface area contributed by atoms with E-state index in [0.717, 1.165) is 12.3 Å². The number of aromatic nitrogens is 1. The predicted molar refractivity (Wildman–Crippen MR) is 62.0 cm³/mol. The summed E-state index contributed by atoms with van der Waals surface area (Å²) in [6.45, 7) is 0.333. The number of ether oxygens (including phenoxy) is 1. The summed E-state index contributed by atoms with van der Waals surface area (Å²) in [4.78, 5) is 26.4. The molecule has 1 amide bonds. The van der Waals surface area contributed by atoms with Crippen molar-refractivity contribution in [1.29, 1.82) is 0 Å². The van der Waals surface area contributed by atoms with Gasteiger partial charge in [0.1, 0.15) is 5.54 Å². The number of hydrogen-bond donors (Lipinski definition) is 2. The van der Waals surface area contributed by atoms with Crippen molar-refractivity contribution in [3.63, 3.8) is 0 Å². The van der Waals surface area contributed by atoms with Gasteiger partial charge in [0.05, 0.1) is 5.56 Å². The lowest BCUT2D eigenvalue weighted by Gasteiger charge is -2.33. The Balaban J connectivity index is 2.25. The van der Waals surface area contributed by atoms with E-state index in [1.165, 1.54) is 0 Å². The van der Waals surface area contributed by atoms with E-state index in [1.54, 1.807) is 0 Å². The number of hydrogen-bond acceptors (Lipinski definition) is 4. The van der Waals surface area contributed by atoms with Gasteiger partial charge in [-0.1, -0.05) is 0 Å². The highest BCUT2D eigenvalue weighted by atomic mass is 19.2. The van der Waals surface area contributed by atoms with Crippen LogP contribution in [0.3, 0.4) is 0 Å². The number of carboxylic acid groups (broad SMARTS) is 1. The molecule has 1 saturated heterocycles. The van der Waals surface area contributed by atoms with Crippen molar-refractivity contribution < 1.29 is 28.2 Å². The van der Waals surface area contributed by atoms with Crippen LogP contribution in [0.2, 0.25) is 0 Å². The molecule has 0 unspecified atom stereocenters. The zero-order chi connectivity index (χ0) is 14.8. The van der Waals surface area contributed by atoms with Crippen LogP contribution in [0.25, 0.3) is 0 Å². The van der Waals surface area contributed by atoms with Gasteiger partial charge in [0.2, 0.25) is 5.95 Å². The topological polar surface area (TPSA) is 88.5 Å². The first-order valence-corrected chi connectivity index (χ1v) is 5.90. The van der Waals surface area contributed by atoms with E-state index in [2.05, 4.69) is 10.3 Å². The molecule has 0 spiro atoms. The number of aliphatic carboxylic acids is 1. The molecule has 1 aromatic heterocycles. The summed E-state index contributed by atoms with van der Waals surface area (Å²) in [5.41, 5.74) is -2.11. The number of halogens is 2. The minimum absolute atomic E-state index is 0.0588. The highest BCUT2D eigenvalue weighted by Crippen LogP contribution is 2.22. The Hall–Kier alpha value is -2.09. The van der Waals surface area contributed by atoms with Crippen molar-refractivity contribution in [1.82, 2.24) is 10.3 Å². The number of nitrogens with one attached hydrogen (secondary N) is 1. The van der Waals surface area contributed by atoms with E-state index < -0.39 is 34.7 Å². The Morgan fingerprint density at radius 3 is 2.60 bits per heavy atom. The second kappa shape index (κ2) is 5.49. The lowest BCUT2D eigenvalue weighted by atomic mass is 9.89. The Morgan fingerprint density at radius 1 is 1.35 bits per heavy atom. The maximum Gasteiger partial charge on any atom is 0.329 e. The minimum atomic E-state index is -1.53. The SMILES string of the molecule is O=C(NC1(C(=O)O)CCOCC1)c1ccnc(F)c1F. The third kappa shape index (κ3) is 2.60. The van der Waals surface area contributed by atoms with Crippen molar-refractivity contribution in [3.8, 4) is 0 Å². The van der Waals surface area contributed by atoms with E-state index >= 15 is 0 Å². The van der Waals surface area contributed by atoms with Crippen LogP contribution in [-0.2, 0) is 9.53 Å². The number of carbonyl (C=O) groups is 2. The highest BCUT2D eigenvalue weighted by molar-refractivity contribution is 5.98. The first-order chi connectivity index (χ1) is 9.46. The predicted octanol–water partition coefficient (Wildman–Crippen LogP) is 0.723. The molecule has 0 radical (unpaired) electrons. The standard InChI is InChI=1S/C12H12F2N2O4/c13-8-7(1-4-15-9(8)14)10(17)16-12(11(18)19)2-5-20-6-3-12/h1,4H,2-3,5-6H2,(H,16,17)(H,18,19). The molecule has 2 rings (SSSR count). The molecular weight excluding hydrogens is 274 g/mol. The maximum absolute atomic E-state index is 13.5. The molecule has 0 aliphatic carbocycles. The molecule has 0 atom stereocenters. The molecule has 2 heterocycles. The molecule has 1 aliphatic rings. The van der Waals surface area contributed by atoms with Gasteiger partial charge >= 0.3 is 5.97 Å². The first kappa shape index (κ1) is 14.3. The van der Waals surface area contributed by atoms with Gasteiger partial charge in [0.15, 0.2) is 5.82 Å². The molecule has 1 fully saturated rings. The van der Waals surface area contributed by atoms with Crippen LogP contribution in [0.5, 0.6) is 0 Å². The third-order valence-corrected chi connectivity index (χ3v) is 3.20. The summed E-state index contributed by atoms with van der Waals surface area (Å²) in [6, 6.07) is 0.989. The molecular formula is C12H12F2N2O4. The summed E-state index contributed by atoms with van der Waals surface area (Å²) in [5, 5.41) is 11.5. The molecule has 8 heteroatoms. The molecule has 0 aromatic carbocycles. The Bertz CT molecular complexity index is 544. The summed E-state index contributed by atoms with van der Waals surface area (Å²) in [5.74, 6) is -5.04. The van der Waals surface area contributed by atoms with Crippen molar-refractivity contribution in [2.45, 2.75) is 18.4 Å². The number of nitrogens with zero attached hydrogens (tertiary/aromatic N) is 1. The number of carboxylic acids is 1. The van der Waals surface area contributed by atoms with E-state index in [-0.39, 0.29) is 26.1 Å². The van der Waals surface area contributed by atoms with Gasteiger partial charge < -0.3 is 15.2 Å². The molecule has 0 saturated carbocycles. The third-order valence-electron chi connectivity index (χ3n) is 3.20. The van der Waals surface area contributed by atoms with Crippen LogP contribution in [0.1, 0.15) is 23.2 Å². The van der Waals surface area contributed by atoms with E-state index in [4.69, 9.17) is 4.74 Å². The molecule has 1 aliphatic heterocycles. The lowest BCUT2D eigenvalue weighted by Crippen LogP contribution is -2.57. The van der Waals surface area contributed by atoms with E-state index in [9.17, 15) is 23.5 Å². The van der Waals surface area contributed by atoms with Crippen molar-refractivity contribution in [2.24, 2.45) is 0 Å². The van der Waals surface area contributed by atoms with Crippen LogP contribution >= 0.6 is 0 Å². The van der Waals surface area contributed by atoms with Crippen LogP contribution in [-0.4, -0.2) is 40.7 Å². The normalized spacial score (nSPS) is 17.5. The number of carbonyl (C=O) groups excluding carboxylic acids is 1. The Morgan fingerprint density at radius 2 is 2.00 bits per heavy atom. The van der Waals surface area contributed by atoms with Crippen molar-refractivity contribution in [2.75, 3.05) is 13.2 Å². The average Bonchev–Trinajstić information content (AvgIpc) is 2.42. The smallest absolute Gasteiger partial charge is 0.329 e. The van der Waals surface area contributed by atoms with Crippen molar-refractivity contribution in [3.05, 3.63) is 29.6 Å². The highest BCUT2D eigenvalue weighted by Gasteiger charge is 2.42. The molecule has 2 N–H and O–H groups in total. The zero-order valence-electron chi connectivity index (χ0n) is 10.4. The van der Waals surface area contributed by atoms with Gasteiger partial charge in [-0.3, -0.25) is 4.79 Å². The fraction of sp³-hybridized carbons (Fsp3) is 0.417. The monoisotopic (exact) mass is 286 g/mol. The molecule has 0 bridgehead atoms. The molecule has 108 valence electrons. The quantitative estimate of drug-likeness (QED) is 0.799. The first-order valence-electron chi connectivity index (χ1n) is 5.90. The second-order valence-corrected chi connectivity index (χ2v) is 4.42. The van der Waals surface area contributed by atoms with E-state index in [0.29, 0.717) is 0 Å². The molecule has 1 aromatic rings. The van der Waals surface area contributed by atoms with Gasteiger partial charge in [-0.2, -0.15) is 4.39 Å². The van der Waals surface area contributed by atoms with Gasteiger partial charge in [-0.15, -0.1) is 0 Å². The fourth-order valence-corrected chi connectivity index (χ4v) is 1.99. The van der Waals surface area contributed by atoms with Gasteiger partial charge in [0, 0.05) is 32.3 Å². The Labute approximate surface area is 112 Å². The Kier molecular flexibility index (Phi) is 3.93. The number of amides is 1. The maximum atomic E-state index is 13.5. The van der Waals surface area contributed by atoms with Crippen LogP contribution in [0, 0.1) is 11.8 Å². The van der Waals surface area contributed by atoms with Crippen LogP contribution in [0.4, 0.5) is 8.78 Å². The summed E-state index contributed by atoms with van der Waals surface area (Å²) < 4.78 is 31.5. The van der Waals surface area contributed by atoms with Crippen LogP contribution in [0.15, 0.2) is 12.3 Å². The largest absolute Gasteiger partial charge is 0.480 e. The van der Waals surface area contributed by atoms with E-state index in [1.807, 2.05) is 0 Å². The van der Waals surface area contributed by atoms with Crippen molar-refractivity contribution >= 4 is 11.9 Å². The molecule has 6 nitrogen and oxygen atoms in total. The average molecular weight is 286 g/mol. The van der Waals surface area contributed by atoms with Gasteiger partial charge in [-0.05, 0) is 6.07 Å². The zero-order valence-corrected chi connectivity index (χ0v) is 10.4. The summed E-state index contributed by atoms with van der Waals surface area (Å²) >= 11 is 0. The molecule has 20 heavy (non-hydrogen) atoms. The summed E-state index contributed by atoms with van der Waals surface area (Å²) in [6.07, 6.45) is 1.05.